The van der Waals surface area contributed by atoms with E-state index in [0.29, 0.717) is 0 Å². The van der Waals surface area contributed by atoms with Crippen molar-refractivity contribution in [2.24, 2.45) is 0 Å². The SMILES string of the molecule is O=C(Cl)C(F)(F)C(F)(F)CCCCCC(F)(F)F. The third-order valence-corrected chi connectivity index (χ3v) is 2.39. The minimum absolute atomic E-state index is 0.290. The minimum Gasteiger partial charge on any atom is -0.274 e. The first kappa shape index (κ1) is 17.5. The van der Waals surface area contributed by atoms with Crippen LogP contribution in [0.2, 0.25) is 0 Å². The standard InChI is InChI=1S/C9H10ClF7O/c10-6(18)9(16,17)7(11,12)4-2-1-3-5-8(13,14)15/h1-5H2. The highest BCUT2D eigenvalue weighted by Crippen LogP contribution is 2.40. The van der Waals surface area contributed by atoms with Crippen LogP contribution in [0.15, 0.2) is 0 Å². The van der Waals surface area contributed by atoms with Crippen LogP contribution in [0.3, 0.4) is 0 Å². The van der Waals surface area contributed by atoms with Crippen LogP contribution < -0.4 is 0 Å². The van der Waals surface area contributed by atoms with Crippen LogP contribution >= 0.6 is 11.6 Å². The highest BCUT2D eigenvalue weighted by molar-refractivity contribution is 6.65. The van der Waals surface area contributed by atoms with Gasteiger partial charge in [-0.3, -0.25) is 4.79 Å². The third-order valence-electron chi connectivity index (χ3n) is 2.16. The van der Waals surface area contributed by atoms with E-state index in [1.165, 1.54) is 0 Å². The molecule has 0 radical (unpaired) electrons. The van der Waals surface area contributed by atoms with E-state index >= 15 is 0 Å². The molecule has 0 atom stereocenters. The summed E-state index contributed by atoms with van der Waals surface area (Å²) >= 11 is 4.34. The lowest BCUT2D eigenvalue weighted by atomic mass is 10.0. The van der Waals surface area contributed by atoms with Gasteiger partial charge in [-0.2, -0.15) is 30.7 Å². The Morgan fingerprint density at radius 2 is 1.28 bits per heavy atom. The molecule has 0 heterocycles. The molecule has 0 N–H and O–H groups in total. The Kier molecular flexibility index (Phi) is 5.90. The van der Waals surface area contributed by atoms with E-state index in [1.807, 2.05) is 0 Å². The monoisotopic (exact) mass is 302 g/mol. The van der Waals surface area contributed by atoms with E-state index < -0.39 is 48.9 Å². The zero-order valence-corrected chi connectivity index (χ0v) is 9.72. The molecule has 0 unspecified atom stereocenters. The van der Waals surface area contributed by atoms with Gasteiger partial charge in [0.2, 0.25) is 0 Å². The lowest BCUT2D eigenvalue weighted by Crippen LogP contribution is -2.45. The summed E-state index contributed by atoms with van der Waals surface area (Å²) in [6.45, 7) is 0. The van der Waals surface area contributed by atoms with Crippen molar-refractivity contribution >= 4 is 16.8 Å². The second-order valence-electron chi connectivity index (χ2n) is 3.73. The summed E-state index contributed by atoms with van der Waals surface area (Å²) in [5, 5.41) is -2.48. The maximum absolute atomic E-state index is 12.8. The number of carbonyl (C=O) groups excluding carboxylic acids is 1. The molecule has 18 heavy (non-hydrogen) atoms. The van der Waals surface area contributed by atoms with Crippen LogP contribution in [0.4, 0.5) is 30.7 Å². The Bertz CT molecular complexity index is 287. The van der Waals surface area contributed by atoms with Crippen LogP contribution in [-0.4, -0.2) is 23.3 Å². The van der Waals surface area contributed by atoms with Crippen LogP contribution in [0.5, 0.6) is 0 Å². The second kappa shape index (κ2) is 6.08. The van der Waals surface area contributed by atoms with Crippen molar-refractivity contribution in [2.75, 3.05) is 0 Å². The van der Waals surface area contributed by atoms with Crippen LogP contribution in [-0.2, 0) is 4.79 Å². The smallest absolute Gasteiger partial charge is 0.274 e. The molecular weight excluding hydrogens is 293 g/mol. The number of halogens is 8. The van der Waals surface area contributed by atoms with E-state index in [2.05, 4.69) is 11.6 Å². The van der Waals surface area contributed by atoms with Gasteiger partial charge >= 0.3 is 18.0 Å². The van der Waals surface area contributed by atoms with Crippen molar-refractivity contribution in [3.05, 3.63) is 0 Å². The first-order chi connectivity index (χ1) is 7.90. The van der Waals surface area contributed by atoms with Gasteiger partial charge in [0.1, 0.15) is 0 Å². The number of rotatable bonds is 7. The largest absolute Gasteiger partial charge is 0.389 e. The first-order valence-electron chi connectivity index (χ1n) is 4.92. The molecule has 1 nitrogen and oxygen atoms in total. The van der Waals surface area contributed by atoms with E-state index in [1.54, 1.807) is 0 Å². The van der Waals surface area contributed by atoms with Crippen molar-refractivity contribution in [1.29, 1.82) is 0 Å². The predicted octanol–water partition coefficient (Wildman–Crippen LogP) is 4.54. The Balaban J connectivity index is 4.10. The quantitative estimate of drug-likeness (QED) is 0.383. The molecule has 0 aromatic rings. The fourth-order valence-corrected chi connectivity index (χ4v) is 1.29. The average Bonchev–Trinajstić information content (AvgIpc) is 2.14. The van der Waals surface area contributed by atoms with Crippen molar-refractivity contribution < 1.29 is 35.5 Å². The molecule has 0 bridgehead atoms. The summed E-state index contributed by atoms with van der Waals surface area (Å²) in [4.78, 5) is 10.1. The summed E-state index contributed by atoms with van der Waals surface area (Å²) in [6.07, 6.45) is -8.23. The fourth-order valence-electron chi connectivity index (χ4n) is 1.15. The topological polar surface area (TPSA) is 17.1 Å². The number of alkyl halides is 7. The van der Waals surface area contributed by atoms with Crippen molar-refractivity contribution in [2.45, 2.75) is 50.1 Å². The molecule has 0 rings (SSSR count). The molecule has 0 aliphatic heterocycles. The lowest BCUT2D eigenvalue weighted by molar-refractivity contribution is -0.204. The second-order valence-corrected chi connectivity index (χ2v) is 4.07. The van der Waals surface area contributed by atoms with Crippen LogP contribution in [0.1, 0.15) is 32.1 Å². The van der Waals surface area contributed by atoms with Crippen molar-refractivity contribution in [3.8, 4) is 0 Å². The molecule has 0 aromatic heterocycles. The van der Waals surface area contributed by atoms with Gasteiger partial charge in [0.15, 0.2) is 0 Å². The lowest BCUT2D eigenvalue weighted by Gasteiger charge is -2.23. The molecule has 9 heteroatoms. The van der Waals surface area contributed by atoms with Crippen molar-refractivity contribution in [3.63, 3.8) is 0 Å². The molecule has 108 valence electrons. The molecule has 0 spiro atoms. The van der Waals surface area contributed by atoms with Gasteiger partial charge in [0.05, 0.1) is 0 Å². The molecule has 0 aliphatic rings. The van der Waals surface area contributed by atoms with E-state index in [4.69, 9.17) is 0 Å². The zero-order valence-electron chi connectivity index (χ0n) is 8.97. The maximum Gasteiger partial charge on any atom is 0.389 e. The number of carbonyl (C=O) groups is 1. The number of unbranched alkanes of at least 4 members (excludes halogenated alkanes) is 2. The summed E-state index contributed by atoms with van der Waals surface area (Å²) in [5.74, 6) is -9.65. The van der Waals surface area contributed by atoms with Gasteiger partial charge in [0.25, 0.3) is 5.24 Å². The predicted molar refractivity (Wildman–Crippen MR) is 49.9 cm³/mol. The Morgan fingerprint density at radius 3 is 1.67 bits per heavy atom. The van der Waals surface area contributed by atoms with E-state index in [9.17, 15) is 35.5 Å². The molecule has 0 aromatic carbocycles. The average molecular weight is 303 g/mol. The Morgan fingerprint density at radius 1 is 0.833 bits per heavy atom. The van der Waals surface area contributed by atoms with E-state index in [0.717, 1.165) is 0 Å². The minimum atomic E-state index is -5.00. The Labute approximate surface area is 103 Å². The summed E-state index contributed by atoms with van der Waals surface area (Å²) < 4.78 is 85.9. The highest BCUT2D eigenvalue weighted by Gasteiger charge is 2.60. The molecular formula is C9H10ClF7O. The molecule has 0 saturated heterocycles. The number of hydrogen-bond acceptors (Lipinski definition) is 1. The summed E-state index contributed by atoms with van der Waals surface area (Å²) in [7, 11) is 0. The molecule has 0 fully saturated rings. The van der Waals surface area contributed by atoms with Gasteiger partial charge in [-0.15, -0.1) is 0 Å². The molecule has 0 saturated carbocycles. The first-order valence-corrected chi connectivity index (χ1v) is 5.30. The highest BCUT2D eigenvalue weighted by atomic mass is 35.5. The fraction of sp³-hybridized carbons (Fsp3) is 0.889. The van der Waals surface area contributed by atoms with Gasteiger partial charge < -0.3 is 0 Å². The summed E-state index contributed by atoms with van der Waals surface area (Å²) in [5.41, 5.74) is 0. The van der Waals surface area contributed by atoms with Crippen molar-refractivity contribution in [1.82, 2.24) is 0 Å². The zero-order chi connectivity index (χ0) is 14.6. The molecule has 0 amide bonds. The maximum atomic E-state index is 12.8. The van der Waals surface area contributed by atoms with Gasteiger partial charge in [0, 0.05) is 12.8 Å². The third kappa shape index (κ3) is 5.41. The Hall–Kier alpha value is -0.530. The van der Waals surface area contributed by atoms with Crippen LogP contribution in [0, 0.1) is 0 Å². The van der Waals surface area contributed by atoms with E-state index in [-0.39, 0.29) is 6.42 Å². The van der Waals surface area contributed by atoms with Gasteiger partial charge in [-0.05, 0) is 24.4 Å². The normalized spacial score (nSPS) is 13.8. The number of hydrogen-bond donors (Lipinski definition) is 0. The molecule has 0 aliphatic carbocycles. The van der Waals surface area contributed by atoms with Gasteiger partial charge in [-0.25, -0.2) is 0 Å². The summed E-state index contributed by atoms with van der Waals surface area (Å²) in [6, 6.07) is 0. The van der Waals surface area contributed by atoms with Crippen LogP contribution in [0.25, 0.3) is 0 Å². The van der Waals surface area contributed by atoms with Gasteiger partial charge in [-0.1, -0.05) is 6.42 Å².